The Morgan fingerprint density at radius 2 is 1.53 bits per heavy atom. The summed E-state index contributed by atoms with van der Waals surface area (Å²) in [6.45, 7) is 2.10. The van der Waals surface area contributed by atoms with Gasteiger partial charge in [0.05, 0.1) is 0 Å². The molecular weight excluding hydrogens is 386 g/mol. The van der Waals surface area contributed by atoms with Gasteiger partial charge in [0, 0.05) is 17.0 Å². The molecule has 30 heavy (non-hydrogen) atoms. The second-order valence-corrected chi connectivity index (χ2v) is 8.22. The number of rotatable bonds is 5. The quantitative estimate of drug-likeness (QED) is 0.304. The lowest BCUT2D eigenvalue weighted by Crippen LogP contribution is -1.99. The van der Waals surface area contributed by atoms with Gasteiger partial charge in [-0.25, -0.2) is 0 Å². The van der Waals surface area contributed by atoms with E-state index < -0.39 is 0 Å². The van der Waals surface area contributed by atoms with Crippen molar-refractivity contribution in [3.8, 4) is 17.1 Å². The van der Waals surface area contributed by atoms with Crippen LogP contribution in [0.4, 0.5) is 0 Å². The van der Waals surface area contributed by atoms with E-state index in [1.807, 2.05) is 6.07 Å². The lowest BCUT2D eigenvalue weighted by molar-refractivity contribution is 0.886. The van der Waals surface area contributed by atoms with Crippen LogP contribution in [0.3, 0.4) is 0 Å². The molecule has 5 rings (SSSR count). The van der Waals surface area contributed by atoms with Crippen molar-refractivity contribution in [2.45, 2.75) is 17.8 Å². The van der Waals surface area contributed by atoms with Gasteiger partial charge in [0.1, 0.15) is 0 Å². The standard InChI is InChI=1S/C26H21N3S/c1-19-9-7-12-21(17-19)25-27-28-26(29(25)23-14-3-2-4-15-23)30-18-22-13-8-11-20-10-5-6-16-24(20)22/h2-17H,18H2,1H3. The van der Waals surface area contributed by atoms with E-state index in [1.54, 1.807) is 11.8 Å². The molecule has 0 N–H and O–H groups in total. The fraction of sp³-hybridized carbons (Fsp3) is 0.0769. The molecule has 4 heteroatoms. The smallest absolute Gasteiger partial charge is 0.196 e. The van der Waals surface area contributed by atoms with Gasteiger partial charge in [0.25, 0.3) is 0 Å². The molecule has 0 fully saturated rings. The van der Waals surface area contributed by atoms with Crippen molar-refractivity contribution in [3.05, 3.63) is 108 Å². The summed E-state index contributed by atoms with van der Waals surface area (Å²) in [4.78, 5) is 0. The van der Waals surface area contributed by atoms with E-state index in [2.05, 4.69) is 113 Å². The summed E-state index contributed by atoms with van der Waals surface area (Å²) in [5, 5.41) is 12.6. The van der Waals surface area contributed by atoms with E-state index in [9.17, 15) is 0 Å². The zero-order valence-corrected chi connectivity index (χ0v) is 17.5. The fourth-order valence-corrected chi connectivity index (χ4v) is 4.66. The third-order valence-electron chi connectivity index (χ3n) is 5.16. The van der Waals surface area contributed by atoms with Crippen molar-refractivity contribution >= 4 is 22.5 Å². The third-order valence-corrected chi connectivity index (χ3v) is 6.14. The molecule has 0 unspecified atom stereocenters. The molecule has 0 bridgehead atoms. The highest BCUT2D eigenvalue weighted by Gasteiger charge is 2.16. The Bertz CT molecular complexity index is 1300. The van der Waals surface area contributed by atoms with Gasteiger partial charge in [-0.15, -0.1) is 10.2 Å². The van der Waals surface area contributed by atoms with Gasteiger partial charge in [-0.2, -0.15) is 0 Å². The van der Waals surface area contributed by atoms with E-state index in [0.29, 0.717) is 0 Å². The number of aromatic nitrogens is 3. The number of para-hydroxylation sites is 1. The zero-order valence-electron chi connectivity index (χ0n) is 16.7. The Hall–Kier alpha value is -3.37. The first-order valence-corrected chi connectivity index (χ1v) is 11.0. The van der Waals surface area contributed by atoms with E-state index in [-0.39, 0.29) is 0 Å². The van der Waals surface area contributed by atoms with Crippen LogP contribution in [0, 0.1) is 6.92 Å². The van der Waals surface area contributed by atoms with E-state index >= 15 is 0 Å². The van der Waals surface area contributed by atoms with Crippen LogP contribution in [0.25, 0.3) is 27.8 Å². The Morgan fingerprint density at radius 1 is 0.767 bits per heavy atom. The number of nitrogens with zero attached hydrogens (tertiary/aromatic N) is 3. The molecule has 0 saturated heterocycles. The van der Waals surface area contributed by atoms with Gasteiger partial charge >= 0.3 is 0 Å². The predicted octanol–water partition coefficient (Wildman–Crippen LogP) is 6.69. The molecule has 1 aromatic heterocycles. The molecule has 3 nitrogen and oxygen atoms in total. The highest BCUT2D eigenvalue weighted by molar-refractivity contribution is 7.98. The van der Waals surface area contributed by atoms with Crippen LogP contribution in [0.2, 0.25) is 0 Å². The number of benzene rings is 4. The average Bonchev–Trinajstić information content (AvgIpc) is 3.22. The van der Waals surface area contributed by atoms with Crippen molar-refractivity contribution in [1.82, 2.24) is 14.8 Å². The molecule has 0 atom stereocenters. The van der Waals surface area contributed by atoms with Gasteiger partial charge in [-0.05, 0) is 41.5 Å². The number of hydrogen-bond acceptors (Lipinski definition) is 3. The molecule has 0 radical (unpaired) electrons. The van der Waals surface area contributed by atoms with Gasteiger partial charge in [-0.1, -0.05) is 96.2 Å². The summed E-state index contributed by atoms with van der Waals surface area (Å²) in [5.41, 5.74) is 4.65. The maximum absolute atomic E-state index is 4.57. The normalized spacial score (nSPS) is 11.1. The molecule has 0 aliphatic heterocycles. The fourth-order valence-electron chi connectivity index (χ4n) is 3.71. The second kappa shape index (κ2) is 8.17. The number of aryl methyl sites for hydroxylation is 1. The SMILES string of the molecule is Cc1cccc(-c2nnc(SCc3cccc4ccccc34)n2-c2ccccc2)c1. The minimum atomic E-state index is 0.833. The lowest BCUT2D eigenvalue weighted by Gasteiger charge is -2.11. The molecule has 0 aliphatic rings. The van der Waals surface area contributed by atoms with Crippen molar-refractivity contribution < 1.29 is 0 Å². The summed E-state index contributed by atoms with van der Waals surface area (Å²) >= 11 is 1.72. The van der Waals surface area contributed by atoms with Crippen LogP contribution in [0.1, 0.15) is 11.1 Å². The Labute approximate surface area is 180 Å². The van der Waals surface area contributed by atoms with Crippen molar-refractivity contribution in [1.29, 1.82) is 0 Å². The molecule has 0 aliphatic carbocycles. The van der Waals surface area contributed by atoms with Crippen molar-refractivity contribution in [3.63, 3.8) is 0 Å². The van der Waals surface area contributed by atoms with Crippen LogP contribution in [-0.4, -0.2) is 14.8 Å². The number of fused-ring (bicyclic) bond motifs is 1. The summed E-state index contributed by atoms with van der Waals surface area (Å²) < 4.78 is 2.16. The largest absolute Gasteiger partial charge is 0.270 e. The minimum Gasteiger partial charge on any atom is -0.270 e. The first kappa shape index (κ1) is 18.6. The minimum absolute atomic E-state index is 0.833. The molecule has 0 spiro atoms. The monoisotopic (exact) mass is 407 g/mol. The van der Waals surface area contributed by atoms with Gasteiger partial charge in [-0.3, -0.25) is 4.57 Å². The Morgan fingerprint density at radius 3 is 2.40 bits per heavy atom. The van der Waals surface area contributed by atoms with E-state index in [4.69, 9.17) is 0 Å². The number of thioether (sulfide) groups is 1. The highest BCUT2D eigenvalue weighted by Crippen LogP contribution is 2.31. The predicted molar refractivity (Wildman–Crippen MR) is 125 cm³/mol. The molecule has 0 amide bonds. The van der Waals surface area contributed by atoms with E-state index in [1.165, 1.54) is 21.9 Å². The van der Waals surface area contributed by atoms with Crippen molar-refractivity contribution in [2.24, 2.45) is 0 Å². The molecule has 4 aromatic carbocycles. The molecule has 1 heterocycles. The Balaban J connectivity index is 1.55. The highest BCUT2D eigenvalue weighted by atomic mass is 32.2. The maximum atomic E-state index is 4.57. The molecule has 0 saturated carbocycles. The summed E-state index contributed by atoms with van der Waals surface area (Å²) in [6.07, 6.45) is 0. The van der Waals surface area contributed by atoms with Crippen LogP contribution in [0.15, 0.2) is 102 Å². The van der Waals surface area contributed by atoms with Crippen LogP contribution < -0.4 is 0 Å². The van der Waals surface area contributed by atoms with Crippen LogP contribution >= 0.6 is 11.8 Å². The molecule has 146 valence electrons. The average molecular weight is 408 g/mol. The van der Waals surface area contributed by atoms with Crippen LogP contribution in [0.5, 0.6) is 0 Å². The van der Waals surface area contributed by atoms with E-state index in [0.717, 1.165) is 28.0 Å². The summed E-state index contributed by atoms with van der Waals surface area (Å²) in [7, 11) is 0. The van der Waals surface area contributed by atoms with Gasteiger partial charge in [0.15, 0.2) is 11.0 Å². The summed E-state index contributed by atoms with van der Waals surface area (Å²) in [5.74, 6) is 1.70. The Kier molecular flexibility index (Phi) is 5.08. The zero-order chi connectivity index (χ0) is 20.3. The second-order valence-electron chi connectivity index (χ2n) is 7.27. The van der Waals surface area contributed by atoms with Crippen molar-refractivity contribution in [2.75, 3.05) is 0 Å². The topological polar surface area (TPSA) is 30.7 Å². The third kappa shape index (κ3) is 3.62. The lowest BCUT2D eigenvalue weighted by atomic mass is 10.1. The molecule has 5 aromatic rings. The summed E-state index contributed by atoms with van der Waals surface area (Å²) in [6, 6.07) is 33.7. The molecular formula is C26H21N3S. The van der Waals surface area contributed by atoms with Crippen LogP contribution in [-0.2, 0) is 5.75 Å². The maximum Gasteiger partial charge on any atom is 0.196 e. The van der Waals surface area contributed by atoms with Gasteiger partial charge < -0.3 is 0 Å². The first-order chi connectivity index (χ1) is 14.8. The number of hydrogen-bond donors (Lipinski definition) is 0. The van der Waals surface area contributed by atoms with Gasteiger partial charge in [0.2, 0.25) is 0 Å². The first-order valence-electron chi connectivity index (χ1n) is 9.97.